The third-order valence-electron chi connectivity index (χ3n) is 15.1. The van der Waals surface area contributed by atoms with Crippen LogP contribution in [0.3, 0.4) is 0 Å². The van der Waals surface area contributed by atoms with Crippen molar-refractivity contribution in [2.24, 2.45) is 11.5 Å². The van der Waals surface area contributed by atoms with Crippen LogP contribution in [0.1, 0.15) is 44.2 Å². The number of phosphoric ester groups is 4. The first-order valence-corrected chi connectivity index (χ1v) is 49.6. The maximum absolute atomic E-state index is 11.8. The van der Waals surface area contributed by atoms with E-state index in [-0.39, 0.29) is 64.9 Å². The van der Waals surface area contributed by atoms with E-state index in [1.165, 1.54) is 68.9 Å². The molecular formula is C40H66N22O47P12. The molecule has 31 N–H and O–H groups in total. The second-order valence-electron chi connectivity index (χ2n) is 23.9. The molecule has 0 spiro atoms. The minimum Gasteiger partial charge on any atom is -0.390 e. The maximum Gasteiger partial charge on any atom is 0.490 e. The molecule has 121 heavy (non-hydrogen) atoms. The predicted molar refractivity (Wildman–Crippen MR) is 382 cm³/mol. The Morgan fingerprint density at radius 3 is 0.983 bits per heavy atom. The molecule has 12 heterocycles. The van der Waals surface area contributed by atoms with Crippen LogP contribution in [0.25, 0.3) is 44.7 Å². The fourth-order valence-electron chi connectivity index (χ4n) is 10.5. The second-order valence-corrected chi connectivity index (χ2v) is 41.6. The van der Waals surface area contributed by atoms with Crippen molar-refractivity contribution >= 4 is 162 Å². The van der Waals surface area contributed by atoms with E-state index < -0.39 is 200 Å². The number of rotatable bonds is 32. The number of phosphoric acid groups is 12. The lowest BCUT2D eigenvalue weighted by molar-refractivity contribution is -0.0481. The molecule has 678 valence electrons. The Kier molecular flexibility index (Phi) is 31.5. The van der Waals surface area contributed by atoms with Gasteiger partial charge in [-0.2, -0.15) is 34.5 Å². The number of fused-ring (bicyclic) bond motifs is 4. The molecule has 0 aromatic carbocycles. The van der Waals surface area contributed by atoms with Gasteiger partial charge in [-0.25, -0.2) is 115 Å². The number of hydrogen-bond acceptors (Lipinski definition) is 49. The smallest absolute Gasteiger partial charge is 0.390 e. The van der Waals surface area contributed by atoms with Crippen LogP contribution < -0.4 is 34.4 Å². The van der Waals surface area contributed by atoms with Crippen molar-refractivity contribution in [2.45, 2.75) is 99.0 Å². The highest BCUT2D eigenvalue weighted by atomic mass is 31.3. The molecule has 4 aliphatic heterocycles. The summed E-state index contributed by atoms with van der Waals surface area (Å²) in [5, 5.41) is 30.6. The number of ether oxygens (including phenoxy) is 4. The molecule has 0 bridgehead atoms. The van der Waals surface area contributed by atoms with Crippen molar-refractivity contribution in [1.29, 1.82) is 0 Å². The van der Waals surface area contributed by atoms with E-state index in [1.54, 1.807) is 0 Å². The standard InChI is InChI=1S/C10H17N6O12P3.C10H17N6O11P3.2C10H16N5O12P3/c11-5-7(17)4(1-25-30(21,22)28-31(23,24)27-29(18,19)20)26-10(5)16-3-15-6-8(12)13-2-14-9(6)16;11-5-1-7(16-4-15-8-9(12)13-3-14-10(8)16)25-6(5)2-24-29(20,21)27-30(22,23)26-28(17,18)19;11-9-8-10(13-3-12-9)15(4-14-8)7-1-5(16)6(25-7)2-24-29(20,21)27-30(22,23)26-28(17,18)19;11-8-7-9(13-3-12-8)15(4-14-7)10-6(16)1-5(25-10)2-24-29(20,21)27-30(22,23)26-28(17,18)19/h2-5,7,10,17H,1,11H2,(H,21,22)(H,23,24)(H2,12,13,14)(H2,18,19,20);3-7H,1-2,11H2,(H,20,21)(H,22,23)(H2,12,13,14)(H2,17,18,19);3-7,16H,1-2H2,(H,20,21)(H,22,23)(H2,11,12,13)(H2,17,18,19);3-6,10,16H,1-2H2,(H,20,21)(H,22,23)(H2,11,12,13)(H2,17,18,19)/t4-,5-,7-,10-;2*5-,6+,7+;5-,6+,10+/m1000/s1. The van der Waals surface area contributed by atoms with Gasteiger partial charge in [0.25, 0.3) is 0 Å². The molecule has 8 aromatic rings. The highest BCUT2D eigenvalue weighted by Gasteiger charge is 2.50. The van der Waals surface area contributed by atoms with Gasteiger partial charge in [-0.05, 0) is 0 Å². The highest BCUT2D eigenvalue weighted by molar-refractivity contribution is 7.68. The largest absolute Gasteiger partial charge is 0.490 e. The Balaban J connectivity index is 0.000000183. The molecule has 12 rings (SSSR count). The van der Waals surface area contributed by atoms with E-state index in [2.05, 4.69) is 112 Å². The van der Waals surface area contributed by atoms with Gasteiger partial charge < -0.3 is 147 Å². The van der Waals surface area contributed by atoms with Crippen LogP contribution in [0.5, 0.6) is 0 Å². The summed E-state index contributed by atoms with van der Waals surface area (Å²) in [4.78, 5) is 190. The Hall–Kier alpha value is -5.32. The van der Waals surface area contributed by atoms with Crippen LogP contribution in [0.4, 0.5) is 23.3 Å². The highest BCUT2D eigenvalue weighted by Crippen LogP contribution is 2.70. The van der Waals surface area contributed by atoms with E-state index in [4.69, 9.17) is 112 Å². The third kappa shape index (κ3) is 28.3. The molecule has 21 atom stereocenters. The van der Waals surface area contributed by atoms with Crippen molar-refractivity contribution in [3.63, 3.8) is 0 Å². The summed E-state index contributed by atoms with van der Waals surface area (Å²) < 4.78 is 210. The Labute approximate surface area is 667 Å². The summed E-state index contributed by atoms with van der Waals surface area (Å²) in [6.07, 6.45) is -1.55. The SMILES string of the molecule is Nc1ncnc2c1ncn2[C@@H]1O[C@H](COP(=O)(O)OP(=O)(O)OP(=O)(O)O)C[C@H]1O.Nc1ncnc2c1ncn2[C@@H]1O[C@H](COP(=O)(O)OP(=O)(O)OP(=O)(O)O)[C@@H](O)[C@H]1N.Nc1ncnc2c1ncn2[C@H]1C[C@H](N)[C@@H](COP(=O)(O)OP(=O)(O)OP(=O)(O)O)O1.Nc1ncnc2c1ncn2[C@H]1C[C@H](O)[C@@H](COP(=O)(O)OP(=O)(O)OP(=O)(O)O)O1. The van der Waals surface area contributed by atoms with Crippen molar-refractivity contribution in [1.82, 2.24) is 78.1 Å². The number of imidazole rings is 4. The van der Waals surface area contributed by atoms with Crippen LogP contribution >= 0.6 is 93.9 Å². The molecule has 69 nitrogen and oxygen atoms in total. The number of nitrogen functional groups attached to an aromatic ring is 4. The van der Waals surface area contributed by atoms with Gasteiger partial charge >= 0.3 is 93.9 Å². The summed E-state index contributed by atoms with van der Waals surface area (Å²) in [6.45, 7) is -3.02. The zero-order valence-corrected chi connectivity index (χ0v) is 69.7. The van der Waals surface area contributed by atoms with Gasteiger partial charge in [0.1, 0.15) is 84.2 Å². The van der Waals surface area contributed by atoms with Crippen LogP contribution in [-0.2, 0) is 126 Å². The minimum atomic E-state index is -5.68. The van der Waals surface area contributed by atoms with Crippen LogP contribution in [0.15, 0.2) is 50.6 Å². The monoisotopic (exact) mass is 1980 g/mol. The molecule has 8 aromatic heterocycles. The van der Waals surface area contributed by atoms with E-state index in [0.717, 1.165) is 0 Å². The average Bonchev–Trinajstić information content (AvgIpc) is 1.63. The van der Waals surface area contributed by atoms with Gasteiger partial charge in [0, 0.05) is 25.3 Å². The third-order valence-corrected chi connectivity index (χ3v) is 30.3. The molecule has 4 aliphatic rings. The molecule has 0 saturated carbocycles. The molecule has 4 fully saturated rings. The van der Waals surface area contributed by atoms with Gasteiger partial charge in [-0.15, -0.1) is 0 Å². The molecule has 4 saturated heterocycles. The molecule has 0 aliphatic carbocycles. The minimum absolute atomic E-state index is 0.000206. The van der Waals surface area contributed by atoms with Gasteiger partial charge in [0.05, 0.1) is 76.1 Å². The molecule has 8 unspecified atom stereocenters. The zero-order chi connectivity index (χ0) is 90.1. The van der Waals surface area contributed by atoms with Gasteiger partial charge in [-0.1, -0.05) is 0 Å². The van der Waals surface area contributed by atoms with E-state index in [9.17, 15) is 89.7 Å². The normalized spacial score (nSPS) is 27.0. The van der Waals surface area contributed by atoms with Crippen molar-refractivity contribution in [2.75, 3.05) is 49.4 Å². The number of aliphatic hydroxyl groups is 3. The summed E-state index contributed by atoms with van der Waals surface area (Å²) >= 11 is 0. The first-order chi connectivity index (χ1) is 55.5. The predicted octanol–water partition coefficient (Wildman–Crippen LogP) is -3.50. The summed E-state index contributed by atoms with van der Waals surface area (Å²) in [5.74, 6) is 0.474. The van der Waals surface area contributed by atoms with Crippen molar-refractivity contribution in [3.05, 3.63) is 50.6 Å². The maximum atomic E-state index is 11.8. The first kappa shape index (κ1) is 99.5. The number of aliphatic hydroxyl groups excluding tert-OH is 3. The number of nitrogens with two attached hydrogens (primary N) is 6. The Morgan fingerprint density at radius 2 is 0.628 bits per heavy atom. The average molecular weight is 1980 g/mol. The van der Waals surface area contributed by atoms with E-state index >= 15 is 0 Å². The Bertz CT molecular complexity index is 5510. The Morgan fingerprint density at radius 1 is 0.331 bits per heavy atom. The van der Waals surface area contributed by atoms with Crippen LogP contribution in [0.2, 0.25) is 0 Å². The lowest BCUT2D eigenvalue weighted by atomic mass is 10.1. The number of aromatic nitrogens is 16. The quantitative estimate of drug-likeness (QED) is 0.0182. The van der Waals surface area contributed by atoms with Crippen molar-refractivity contribution in [3.8, 4) is 0 Å². The fraction of sp³-hybridized carbons (Fsp3) is 0.500. The van der Waals surface area contributed by atoms with E-state index in [0.29, 0.717) is 22.3 Å². The van der Waals surface area contributed by atoms with Gasteiger partial charge in [0.15, 0.2) is 58.3 Å². The summed E-state index contributed by atoms with van der Waals surface area (Å²) in [5.41, 5.74) is 37.0. The van der Waals surface area contributed by atoms with Gasteiger partial charge in [0.2, 0.25) is 0 Å². The van der Waals surface area contributed by atoms with E-state index in [1.807, 2.05) is 0 Å². The lowest BCUT2D eigenvalue weighted by Gasteiger charge is -2.19. The number of anilines is 4. The lowest BCUT2D eigenvalue weighted by Crippen LogP contribution is -2.40. The van der Waals surface area contributed by atoms with Gasteiger partial charge in [-0.3, -0.25) is 36.4 Å². The number of hydrogen-bond donors (Lipinski definition) is 25. The van der Waals surface area contributed by atoms with Crippen LogP contribution in [0, 0.1) is 0 Å². The van der Waals surface area contributed by atoms with Crippen LogP contribution in [-0.4, -0.2) is 253 Å². The summed E-state index contributed by atoms with van der Waals surface area (Å²) in [6, 6.07) is -1.79. The number of nitrogens with zero attached hydrogens (tertiary/aromatic N) is 16. The second kappa shape index (κ2) is 38.3. The molecule has 0 amide bonds. The molecular weight excluding hydrogens is 1910 g/mol. The summed E-state index contributed by atoms with van der Waals surface area (Å²) in [7, 11) is -65.8. The first-order valence-electron chi connectivity index (χ1n) is 31.5. The topological polar surface area (TPSA) is 1070 Å². The fourth-order valence-corrected chi connectivity index (χ4v) is 22.7. The van der Waals surface area contributed by atoms with Crippen molar-refractivity contribution < 1.29 is 220 Å². The molecule has 0 radical (unpaired) electrons. The zero-order valence-electron chi connectivity index (χ0n) is 59.0. The molecule has 81 heteroatoms.